The molecule has 28 heavy (non-hydrogen) atoms. The summed E-state index contributed by atoms with van der Waals surface area (Å²) in [4.78, 5) is 0. The van der Waals surface area contributed by atoms with Crippen molar-refractivity contribution in [2.24, 2.45) is 5.73 Å². The molecule has 2 N–H and O–H groups in total. The van der Waals surface area contributed by atoms with Crippen LogP contribution in [0.25, 0.3) is 5.69 Å². The lowest BCUT2D eigenvalue weighted by atomic mass is 10.1. The summed E-state index contributed by atoms with van der Waals surface area (Å²) in [5.74, 6) is 3.21. The van der Waals surface area contributed by atoms with E-state index < -0.39 is 6.04 Å². The molecule has 0 saturated heterocycles. The molecule has 1 aliphatic heterocycles. The Bertz CT molecular complexity index is 981. The highest BCUT2D eigenvalue weighted by Gasteiger charge is 2.23. The van der Waals surface area contributed by atoms with Crippen LogP contribution in [0.1, 0.15) is 17.4 Å². The van der Waals surface area contributed by atoms with Crippen LogP contribution in [0, 0.1) is 0 Å². The molecule has 0 fully saturated rings. The van der Waals surface area contributed by atoms with E-state index in [0.717, 1.165) is 0 Å². The van der Waals surface area contributed by atoms with E-state index in [4.69, 9.17) is 29.4 Å². The summed E-state index contributed by atoms with van der Waals surface area (Å²) in [7, 11) is 4.63. The Morgan fingerprint density at radius 3 is 2.39 bits per heavy atom. The third kappa shape index (κ3) is 2.93. The molecule has 0 amide bonds. The van der Waals surface area contributed by atoms with Gasteiger partial charge in [-0.05, 0) is 40.3 Å². The van der Waals surface area contributed by atoms with Crippen LogP contribution in [0.3, 0.4) is 0 Å². The molecule has 1 atom stereocenters. The van der Waals surface area contributed by atoms with E-state index in [9.17, 15) is 0 Å². The van der Waals surface area contributed by atoms with Gasteiger partial charge in [0.05, 0.1) is 33.1 Å². The second kappa shape index (κ2) is 7.24. The Hall–Kier alpha value is -3.53. The first kappa shape index (κ1) is 17.9. The zero-order chi connectivity index (χ0) is 19.7. The number of ether oxygens (including phenoxy) is 5. The summed E-state index contributed by atoms with van der Waals surface area (Å²) in [6, 6.07) is 8.32. The van der Waals surface area contributed by atoms with Crippen molar-refractivity contribution >= 4 is 0 Å². The van der Waals surface area contributed by atoms with Gasteiger partial charge in [-0.1, -0.05) is 0 Å². The normalized spacial score (nSPS) is 13.3. The van der Waals surface area contributed by atoms with Crippen molar-refractivity contribution in [1.29, 1.82) is 0 Å². The fraction of sp³-hybridized carbons (Fsp3) is 0.278. The molecule has 146 valence electrons. The lowest BCUT2D eigenvalue weighted by Crippen LogP contribution is -2.18. The van der Waals surface area contributed by atoms with Crippen LogP contribution < -0.4 is 29.4 Å². The predicted octanol–water partition coefficient (Wildman–Crippen LogP) is 1.46. The maximum atomic E-state index is 6.48. The van der Waals surface area contributed by atoms with Gasteiger partial charge in [0.2, 0.25) is 12.5 Å². The van der Waals surface area contributed by atoms with Gasteiger partial charge in [0, 0.05) is 6.07 Å². The van der Waals surface area contributed by atoms with Gasteiger partial charge < -0.3 is 29.4 Å². The number of nitrogens with two attached hydrogens (primary N) is 1. The molecule has 0 spiro atoms. The maximum absolute atomic E-state index is 6.48. The van der Waals surface area contributed by atoms with Crippen molar-refractivity contribution in [2.45, 2.75) is 6.04 Å². The van der Waals surface area contributed by atoms with Gasteiger partial charge in [-0.3, -0.25) is 0 Å². The van der Waals surface area contributed by atoms with Crippen LogP contribution in [-0.4, -0.2) is 48.3 Å². The lowest BCUT2D eigenvalue weighted by Gasteiger charge is -2.17. The van der Waals surface area contributed by atoms with Gasteiger partial charge in [0.1, 0.15) is 0 Å². The van der Waals surface area contributed by atoms with Gasteiger partial charge in [0.15, 0.2) is 28.8 Å². The number of nitrogens with zero attached hydrogens (tertiary/aromatic N) is 4. The van der Waals surface area contributed by atoms with Crippen molar-refractivity contribution in [3.63, 3.8) is 0 Å². The fourth-order valence-electron chi connectivity index (χ4n) is 3.02. The molecule has 2 heterocycles. The molecule has 1 aromatic heterocycles. The fourth-order valence-corrected chi connectivity index (χ4v) is 3.02. The topological polar surface area (TPSA) is 116 Å². The van der Waals surface area contributed by atoms with Crippen LogP contribution in [0.2, 0.25) is 0 Å². The minimum Gasteiger partial charge on any atom is -0.493 e. The summed E-state index contributed by atoms with van der Waals surface area (Å²) in [6.07, 6.45) is 0. The Balaban J connectivity index is 1.74. The number of benzene rings is 2. The van der Waals surface area contributed by atoms with Gasteiger partial charge in [0.25, 0.3) is 0 Å². The van der Waals surface area contributed by atoms with Gasteiger partial charge in [-0.25, -0.2) is 0 Å². The van der Waals surface area contributed by atoms with E-state index in [0.29, 0.717) is 45.8 Å². The van der Waals surface area contributed by atoms with Crippen LogP contribution in [-0.2, 0) is 0 Å². The number of fused-ring (bicyclic) bond motifs is 1. The van der Waals surface area contributed by atoms with Gasteiger partial charge in [-0.2, -0.15) is 4.68 Å². The number of hydrogen-bond donors (Lipinski definition) is 1. The van der Waals surface area contributed by atoms with Crippen LogP contribution in [0.4, 0.5) is 0 Å². The molecule has 1 aliphatic rings. The molecule has 0 aliphatic carbocycles. The zero-order valence-electron chi connectivity index (χ0n) is 15.6. The Morgan fingerprint density at radius 2 is 1.71 bits per heavy atom. The predicted molar refractivity (Wildman–Crippen MR) is 97.4 cm³/mol. The smallest absolute Gasteiger partial charge is 0.231 e. The first-order valence-corrected chi connectivity index (χ1v) is 8.40. The van der Waals surface area contributed by atoms with E-state index >= 15 is 0 Å². The Morgan fingerprint density at radius 1 is 1.00 bits per heavy atom. The number of tetrazole rings is 1. The van der Waals surface area contributed by atoms with Crippen molar-refractivity contribution in [3.8, 4) is 34.4 Å². The quantitative estimate of drug-likeness (QED) is 0.673. The third-order valence-corrected chi connectivity index (χ3v) is 4.42. The highest BCUT2D eigenvalue weighted by atomic mass is 16.7. The molecular weight excluding hydrogens is 366 g/mol. The van der Waals surface area contributed by atoms with Gasteiger partial charge in [-0.15, -0.1) is 5.10 Å². The Labute approximate surface area is 160 Å². The second-order valence-electron chi connectivity index (χ2n) is 5.92. The van der Waals surface area contributed by atoms with E-state index in [-0.39, 0.29) is 6.79 Å². The minimum atomic E-state index is -0.644. The summed E-state index contributed by atoms with van der Waals surface area (Å²) < 4.78 is 28.5. The van der Waals surface area contributed by atoms with E-state index in [2.05, 4.69) is 15.5 Å². The van der Waals surface area contributed by atoms with E-state index in [1.807, 2.05) is 6.07 Å². The molecule has 0 radical (unpaired) electrons. The molecular formula is C18H19N5O5. The number of aromatic nitrogens is 4. The Kier molecular flexibility index (Phi) is 4.62. The summed E-state index contributed by atoms with van der Waals surface area (Å²) in [5, 5.41) is 12.0. The highest BCUT2D eigenvalue weighted by molar-refractivity contribution is 5.55. The van der Waals surface area contributed by atoms with Crippen molar-refractivity contribution in [2.75, 3.05) is 28.1 Å². The van der Waals surface area contributed by atoms with Crippen LogP contribution in [0.15, 0.2) is 30.3 Å². The lowest BCUT2D eigenvalue weighted by molar-refractivity contribution is 0.174. The number of rotatable bonds is 6. The van der Waals surface area contributed by atoms with Crippen molar-refractivity contribution < 1.29 is 23.7 Å². The first-order chi connectivity index (χ1) is 13.7. The average Bonchev–Trinajstić information content (AvgIpc) is 3.40. The summed E-state index contributed by atoms with van der Waals surface area (Å²) >= 11 is 0. The molecule has 10 heteroatoms. The first-order valence-electron chi connectivity index (χ1n) is 8.40. The molecule has 1 unspecified atom stereocenters. The summed E-state index contributed by atoms with van der Waals surface area (Å²) in [6.45, 7) is 0.187. The maximum Gasteiger partial charge on any atom is 0.231 e. The molecule has 3 aromatic rings. The molecule has 10 nitrogen and oxygen atoms in total. The highest BCUT2D eigenvalue weighted by Crippen LogP contribution is 2.40. The van der Waals surface area contributed by atoms with E-state index in [1.165, 1.54) is 0 Å². The standard InChI is InChI=1S/C18H19N5O5/c1-24-14-6-10(7-15(25-2)17(14)26-3)16(19)18-20-21-22-23(18)11-4-5-12-13(8-11)28-9-27-12/h4-8,16H,9,19H2,1-3H3. The molecule has 4 rings (SSSR count). The molecule has 0 bridgehead atoms. The third-order valence-electron chi connectivity index (χ3n) is 4.42. The minimum absolute atomic E-state index is 0.187. The average molecular weight is 385 g/mol. The molecule has 0 saturated carbocycles. The monoisotopic (exact) mass is 385 g/mol. The largest absolute Gasteiger partial charge is 0.493 e. The van der Waals surface area contributed by atoms with Crippen molar-refractivity contribution in [3.05, 3.63) is 41.7 Å². The zero-order valence-corrected chi connectivity index (χ0v) is 15.6. The van der Waals surface area contributed by atoms with Crippen LogP contribution in [0.5, 0.6) is 28.7 Å². The van der Waals surface area contributed by atoms with E-state index in [1.54, 1.807) is 50.3 Å². The van der Waals surface area contributed by atoms with Crippen molar-refractivity contribution in [1.82, 2.24) is 20.2 Å². The second-order valence-corrected chi connectivity index (χ2v) is 5.92. The number of methoxy groups -OCH3 is 3. The summed E-state index contributed by atoms with van der Waals surface area (Å²) in [5.41, 5.74) is 7.88. The molecule has 2 aromatic carbocycles. The number of hydrogen-bond acceptors (Lipinski definition) is 9. The van der Waals surface area contributed by atoms with Crippen LogP contribution >= 0.6 is 0 Å². The van der Waals surface area contributed by atoms with Gasteiger partial charge >= 0.3 is 0 Å². The SMILES string of the molecule is COc1cc(C(N)c2nnnn2-c2ccc3c(c2)OCO3)cc(OC)c1OC.